The number of nitrogens with zero attached hydrogens (tertiary/aromatic N) is 2. The van der Waals surface area contributed by atoms with Crippen molar-refractivity contribution in [2.24, 2.45) is 0 Å². The second-order valence-electron chi connectivity index (χ2n) is 7.02. The minimum absolute atomic E-state index is 0.0338. The van der Waals surface area contributed by atoms with E-state index in [2.05, 4.69) is 0 Å². The van der Waals surface area contributed by atoms with Gasteiger partial charge < -0.3 is 9.47 Å². The molecule has 0 radical (unpaired) electrons. The molecule has 0 fully saturated rings. The van der Waals surface area contributed by atoms with E-state index in [0.717, 1.165) is 15.4 Å². The number of urea groups is 1. The van der Waals surface area contributed by atoms with Crippen LogP contribution in [0.1, 0.15) is 11.1 Å². The fraction of sp³-hybridized carbons (Fsp3) is 0.136. The Morgan fingerprint density at radius 1 is 0.800 bits per heavy atom. The normalized spacial score (nSPS) is 16.5. The summed E-state index contributed by atoms with van der Waals surface area (Å²) in [5.41, 5.74) is 1.91. The Labute approximate surface area is 174 Å². The summed E-state index contributed by atoms with van der Waals surface area (Å²) in [5.74, 6) is 1.26. The zero-order valence-corrected chi connectivity index (χ0v) is 16.7. The molecule has 3 aromatic carbocycles. The van der Waals surface area contributed by atoms with E-state index in [1.54, 1.807) is 36.4 Å². The Kier molecular flexibility index (Phi) is 4.36. The average Bonchev–Trinajstić information content (AvgIpc) is 3.23. The zero-order chi connectivity index (χ0) is 20.7. The number of amides is 2. The summed E-state index contributed by atoms with van der Waals surface area (Å²) in [5, 5.41) is 0. The molecule has 8 heteroatoms. The summed E-state index contributed by atoms with van der Waals surface area (Å²) < 4.78 is 38.1. The molecule has 5 rings (SSSR count). The minimum Gasteiger partial charge on any atom is -0.454 e. The Hall–Kier alpha value is -3.52. The van der Waals surface area contributed by atoms with Gasteiger partial charge in [-0.15, -0.1) is 0 Å². The number of ether oxygens (including phenoxy) is 2. The van der Waals surface area contributed by atoms with Gasteiger partial charge in [0.2, 0.25) is 6.79 Å². The lowest BCUT2D eigenvalue weighted by atomic mass is 10.1. The van der Waals surface area contributed by atoms with Crippen molar-refractivity contribution >= 4 is 21.7 Å². The van der Waals surface area contributed by atoms with Crippen LogP contribution >= 0.6 is 0 Å². The lowest BCUT2D eigenvalue weighted by molar-refractivity contribution is 0.174. The van der Waals surface area contributed by atoms with Crippen molar-refractivity contribution in [3.05, 3.63) is 83.9 Å². The molecule has 7 nitrogen and oxygen atoms in total. The van der Waals surface area contributed by atoms with Crippen molar-refractivity contribution in [3.63, 3.8) is 0 Å². The Balaban J connectivity index is 1.55. The fourth-order valence-corrected chi connectivity index (χ4v) is 5.19. The number of fused-ring (bicyclic) bond motifs is 2. The van der Waals surface area contributed by atoms with Gasteiger partial charge >= 0.3 is 6.03 Å². The summed E-state index contributed by atoms with van der Waals surface area (Å²) in [6.07, 6.45) is 0. The predicted octanol–water partition coefficient (Wildman–Crippen LogP) is 3.75. The molecule has 2 heterocycles. The van der Waals surface area contributed by atoms with E-state index < -0.39 is 16.1 Å². The van der Waals surface area contributed by atoms with Crippen molar-refractivity contribution in [1.29, 1.82) is 0 Å². The molecule has 0 unspecified atom stereocenters. The fourth-order valence-electron chi connectivity index (χ4n) is 3.63. The third-order valence-electron chi connectivity index (χ3n) is 5.12. The number of rotatable bonds is 4. The molecule has 0 bridgehead atoms. The summed E-state index contributed by atoms with van der Waals surface area (Å²) >= 11 is 0. The molecule has 0 saturated heterocycles. The highest BCUT2D eigenvalue weighted by atomic mass is 32.2. The second kappa shape index (κ2) is 7.07. The largest absolute Gasteiger partial charge is 0.454 e. The van der Waals surface area contributed by atoms with Gasteiger partial charge in [-0.1, -0.05) is 48.5 Å². The number of hydrogen-bond donors (Lipinski definition) is 0. The van der Waals surface area contributed by atoms with Gasteiger partial charge in [0.25, 0.3) is 10.0 Å². The van der Waals surface area contributed by atoms with Crippen LogP contribution in [0.15, 0.2) is 77.7 Å². The molecule has 2 amide bonds. The van der Waals surface area contributed by atoms with E-state index in [1.165, 1.54) is 11.0 Å². The second-order valence-corrected chi connectivity index (χ2v) is 8.85. The summed E-state index contributed by atoms with van der Waals surface area (Å²) in [6, 6.07) is 20.5. The van der Waals surface area contributed by atoms with Crippen molar-refractivity contribution in [3.8, 4) is 11.5 Å². The van der Waals surface area contributed by atoms with Crippen LogP contribution in [0.5, 0.6) is 11.5 Å². The smallest absolute Gasteiger partial charge is 0.339 e. The van der Waals surface area contributed by atoms with Crippen molar-refractivity contribution in [1.82, 2.24) is 4.31 Å². The average molecular weight is 422 g/mol. The molecule has 3 aromatic rings. The van der Waals surface area contributed by atoms with Gasteiger partial charge in [0.05, 0.1) is 18.8 Å². The van der Waals surface area contributed by atoms with E-state index in [1.807, 2.05) is 30.3 Å². The lowest BCUT2D eigenvalue weighted by Gasteiger charge is -2.36. The van der Waals surface area contributed by atoms with Gasteiger partial charge in [0.15, 0.2) is 11.5 Å². The molecule has 0 saturated carbocycles. The Morgan fingerprint density at radius 2 is 1.53 bits per heavy atom. The summed E-state index contributed by atoms with van der Waals surface area (Å²) in [4.78, 5) is 15.0. The highest BCUT2D eigenvalue weighted by Gasteiger charge is 2.41. The lowest BCUT2D eigenvalue weighted by Crippen LogP contribution is -2.49. The van der Waals surface area contributed by atoms with Gasteiger partial charge in [0, 0.05) is 0 Å². The highest BCUT2D eigenvalue weighted by Crippen LogP contribution is 2.37. The van der Waals surface area contributed by atoms with E-state index in [-0.39, 0.29) is 24.8 Å². The van der Waals surface area contributed by atoms with Crippen LogP contribution in [0.4, 0.5) is 10.5 Å². The third kappa shape index (κ3) is 3.05. The molecule has 152 valence electrons. The molecule has 0 aromatic heterocycles. The first kappa shape index (κ1) is 18.5. The van der Waals surface area contributed by atoms with E-state index in [4.69, 9.17) is 9.47 Å². The molecular weight excluding hydrogens is 404 g/mol. The number of para-hydroxylation sites is 1. The Morgan fingerprint density at radius 3 is 2.37 bits per heavy atom. The number of sulfonamides is 1. The molecule has 0 atom stereocenters. The first-order valence-corrected chi connectivity index (χ1v) is 10.8. The molecule has 2 aliphatic heterocycles. The zero-order valence-electron chi connectivity index (χ0n) is 15.9. The predicted molar refractivity (Wildman–Crippen MR) is 110 cm³/mol. The Bertz CT molecular complexity index is 1230. The van der Waals surface area contributed by atoms with Crippen LogP contribution < -0.4 is 14.4 Å². The number of benzene rings is 3. The van der Waals surface area contributed by atoms with E-state index in [9.17, 15) is 13.2 Å². The monoisotopic (exact) mass is 422 g/mol. The molecule has 30 heavy (non-hydrogen) atoms. The number of carbonyl (C=O) groups is 1. The maximum absolute atomic E-state index is 13.4. The van der Waals surface area contributed by atoms with Gasteiger partial charge in [-0.05, 0) is 35.4 Å². The maximum atomic E-state index is 13.4. The van der Waals surface area contributed by atoms with Gasteiger partial charge in [0.1, 0.15) is 4.90 Å². The molecule has 0 spiro atoms. The SMILES string of the molecule is O=C1N(Cc2ccc3c(c2)OCO3)c2ccccc2S(=O)(=O)N1Cc1ccccc1. The maximum Gasteiger partial charge on any atom is 0.339 e. The number of anilines is 1. The van der Waals surface area contributed by atoms with Gasteiger partial charge in [-0.3, -0.25) is 4.90 Å². The molecule has 2 aliphatic rings. The van der Waals surface area contributed by atoms with Crippen molar-refractivity contribution in [2.45, 2.75) is 18.0 Å². The first-order valence-electron chi connectivity index (χ1n) is 9.40. The topological polar surface area (TPSA) is 76.1 Å². The van der Waals surface area contributed by atoms with Crippen molar-refractivity contribution < 1.29 is 22.7 Å². The number of carbonyl (C=O) groups excluding carboxylic acids is 1. The summed E-state index contributed by atoms with van der Waals surface area (Å²) in [7, 11) is -3.97. The van der Waals surface area contributed by atoms with Gasteiger partial charge in [-0.25, -0.2) is 17.5 Å². The van der Waals surface area contributed by atoms with Crippen molar-refractivity contribution in [2.75, 3.05) is 11.7 Å². The molecular formula is C22H18N2O5S. The van der Waals surface area contributed by atoms with E-state index >= 15 is 0 Å². The molecule has 0 N–H and O–H groups in total. The van der Waals surface area contributed by atoms with Crippen LogP contribution in [-0.4, -0.2) is 25.5 Å². The van der Waals surface area contributed by atoms with Crippen LogP contribution in [0.3, 0.4) is 0 Å². The van der Waals surface area contributed by atoms with Crippen LogP contribution in [-0.2, 0) is 23.1 Å². The minimum atomic E-state index is -3.97. The van der Waals surface area contributed by atoms with E-state index in [0.29, 0.717) is 17.2 Å². The quantitative estimate of drug-likeness (QED) is 0.640. The van der Waals surface area contributed by atoms with Crippen LogP contribution in [0.25, 0.3) is 0 Å². The third-order valence-corrected chi connectivity index (χ3v) is 6.88. The van der Waals surface area contributed by atoms with Crippen LogP contribution in [0.2, 0.25) is 0 Å². The van der Waals surface area contributed by atoms with Crippen LogP contribution in [0, 0.1) is 0 Å². The standard InChI is InChI=1S/C22H18N2O5S/c25-22-23(13-17-10-11-19-20(12-17)29-15-28-19)18-8-4-5-9-21(18)30(26,27)24(22)14-16-6-2-1-3-7-16/h1-12H,13-15H2. The van der Waals surface area contributed by atoms with Gasteiger partial charge in [-0.2, -0.15) is 0 Å². The first-order chi connectivity index (χ1) is 14.5. The molecule has 0 aliphatic carbocycles. The number of hydrogen-bond acceptors (Lipinski definition) is 5. The highest BCUT2D eigenvalue weighted by molar-refractivity contribution is 7.90. The summed E-state index contributed by atoms with van der Waals surface area (Å²) in [6.45, 7) is 0.328.